The third-order valence-corrected chi connectivity index (χ3v) is 3.91. The predicted molar refractivity (Wildman–Crippen MR) is 88.4 cm³/mol. The summed E-state index contributed by atoms with van der Waals surface area (Å²) in [5.41, 5.74) is -0.523. The average molecular weight is 453 g/mol. The fourth-order valence-electron chi connectivity index (χ4n) is 2.13. The van der Waals surface area contributed by atoms with Gasteiger partial charge in [0.1, 0.15) is 18.5 Å². The fraction of sp³-hybridized carbons (Fsp3) is 0.538. The van der Waals surface area contributed by atoms with Crippen molar-refractivity contribution in [3.05, 3.63) is 20.3 Å². The molecule has 1 aromatic rings. The van der Waals surface area contributed by atoms with Gasteiger partial charge < -0.3 is 29.2 Å². The molecular formula is C13H16IN3O7. The smallest absolute Gasteiger partial charge is 0.458 e. The van der Waals surface area contributed by atoms with Crippen molar-refractivity contribution in [3.8, 4) is 0 Å². The largest absolute Gasteiger partial charge is 0.508 e. The minimum absolute atomic E-state index is 0.0531. The maximum Gasteiger partial charge on any atom is 0.508 e. The number of carbonyl (C=O) groups excluding carboxylic acids is 2. The van der Waals surface area contributed by atoms with Crippen molar-refractivity contribution in [2.75, 3.05) is 19.0 Å². The highest BCUT2D eigenvalue weighted by Gasteiger charge is 2.38. The van der Waals surface area contributed by atoms with Crippen LogP contribution in [0.2, 0.25) is 0 Å². The molecule has 1 aliphatic heterocycles. The van der Waals surface area contributed by atoms with Crippen LogP contribution in [-0.2, 0) is 23.7 Å². The molecule has 2 rings (SSSR count). The molecule has 0 bridgehead atoms. The highest BCUT2D eigenvalue weighted by Crippen LogP contribution is 2.26. The van der Waals surface area contributed by atoms with Gasteiger partial charge in [0.15, 0.2) is 6.23 Å². The highest BCUT2D eigenvalue weighted by atomic mass is 127. The summed E-state index contributed by atoms with van der Waals surface area (Å²) in [6, 6.07) is 0. The molecule has 0 unspecified atom stereocenters. The molecule has 11 heteroatoms. The average Bonchev–Trinajstić information content (AvgIpc) is 2.89. The molecule has 0 spiro atoms. The summed E-state index contributed by atoms with van der Waals surface area (Å²) in [5.74, 6) is -0.172. The van der Waals surface area contributed by atoms with E-state index < -0.39 is 36.3 Å². The molecule has 2 N–H and O–H groups in total. The van der Waals surface area contributed by atoms with E-state index in [4.69, 9.17) is 14.2 Å². The van der Waals surface area contributed by atoms with E-state index in [1.807, 2.05) is 22.6 Å². The lowest BCUT2D eigenvalue weighted by Gasteiger charge is -2.20. The van der Waals surface area contributed by atoms with E-state index >= 15 is 0 Å². The summed E-state index contributed by atoms with van der Waals surface area (Å²) in [4.78, 5) is 39.9. The predicted octanol–water partition coefficient (Wildman–Crippen LogP) is 0.616. The molecule has 1 fully saturated rings. The molecule has 132 valence electrons. The molecule has 2 heterocycles. The van der Waals surface area contributed by atoms with Gasteiger partial charge in [-0.25, -0.2) is 9.59 Å². The molecule has 0 amide bonds. The van der Waals surface area contributed by atoms with Crippen LogP contribution >= 0.6 is 22.6 Å². The number of nitrogens with zero attached hydrogens (tertiary/aromatic N) is 1. The summed E-state index contributed by atoms with van der Waals surface area (Å²) < 4.78 is 20.8. The van der Waals surface area contributed by atoms with Crippen molar-refractivity contribution in [3.63, 3.8) is 0 Å². The number of hydrogen-bond donors (Lipinski definition) is 2. The summed E-state index contributed by atoms with van der Waals surface area (Å²) in [6.45, 7) is 1.23. The zero-order valence-corrected chi connectivity index (χ0v) is 15.1. The van der Waals surface area contributed by atoms with Crippen LogP contribution in [0.25, 0.3) is 0 Å². The lowest BCUT2D eigenvalue weighted by Crippen LogP contribution is -2.34. The fourth-order valence-corrected chi connectivity index (χ4v) is 2.56. The Labute approximate surface area is 150 Å². The molecule has 1 saturated heterocycles. The van der Waals surface area contributed by atoms with E-state index in [0.29, 0.717) is 15.8 Å². The van der Waals surface area contributed by atoms with Gasteiger partial charge in [-0.2, -0.15) is 4.98 Å². The van der Waals surface area contributed by atoms with Crippen LogP contribution in [0.1, 0.15) is 13.3 Å². The molecule has 0 saturated carbocycles. The number of hydrogen-bond acceptors (Lipinski definition) is 9. The Morgan fingerprint density at radius 1 is 1.54 bits per heavy atom. The summed E-state index contributed by atoms with van der Waals surface area (Å²) in [5, 5.41) is 2.93. The Morgan fingerprint density at radius 2 is 2.29 bits per heavy atom. The minimum atomic E-state index is -0.829. The molecule has 1 aromatic heterocycles. The van der Waals surface area contributed by atoms with Gasteiger partial charge in [-0.05, 0) is 22.6 Å². The van der Waals surface area contributed by atoms with Crippen molar-refractivity contribution in [2.24, 2.45) is 0 Å². The van der Waals surface area contributed by atoms with E-state index in [9.17, 15) is 14.4 Å². The number of ether oxygens (including phenoxy) is 4. The Balaban J connectivity index is 2.06. The molecule has 0 radical (unpaired) electrons. The van der Waals surface area contributed by atoms with Gasteiger partial charge >= 0.3 is 17.8 Å². The number of nitrogens with one attached hydrogen (secondary N) is 2. The zero-order valence-electron chi connectivity index (χ0n) is 12.9. The van der Waals surface area contributed by atoms with Crippen LogP contribution in [0, 0.1) is 3.57 Å². The van der Waals surface area contributed by atoms with E-state index in [0.717, 1.165) is 0 Å². The van der Waals surface area contributed by atoms with Crippen LogP contribution in [0.3, 0.4) is 0 Å². The van der Waals surface area contributed by atoms with Crippen LogP contribution in [0.4, 0.5) is 10.6 Å². The van der Waals surface area contributed by atoms with Crippen molar-refractivity contribution in [1.29, 1.82) is 0 Å². The number of halogens is 1. The number of aromatic nitrogens is 2. The van der Waals surface area contributed by atoms with Gasteiger partial charge in [-0.1, -0.05) is 0 Å². The Morgan fingerprint density at radius 3 is 2.96 bits per heavy atom. The number of aromatic amines is 1. The standard InChI is InChI=1S/C13H16IN3O7/c1-6(18)23-9-3-7(5-22-13(20)21-2)24-11(9)16-10-8(14)4-15-12(19)17-10/h4,7,9,11H,3,5H2,1-2H3,(H2,15,16,17,19)/t7-,9+,11+/m0/s1. The van der Waals surface area contributed by atoms with Gasteiger partial charge in [0.2, 0.25) is 0 Å². The molecule has 0 aromatic carbocycles. The quantitative estimate of drug-likeness (QED) is 0.487. The van der Waals surface area contributed by atoms with Crippen LogP contribution < -0.4 is 11.0 Å². The van der Waals surface area contributed by atoms with Crippen molar-refractivity contribution >= 4 is 40.5 Å². The first kappa shape index (κ1) is 18.4. The lowest BCUT2D eigenvalue weighted by atomic mass is 10.2. The first-order valence-corrected chi connectivity index (χ1v) is 8.02. The van der Waals surface area contributed by atoms with Gasteiger partial charge in [-0.15, -0.1) is 0 Å². The molecule has 24 heavy (non-hydrogen) atoms. The first-order valence-electron chi connectivity index (χ1n) is 6.94. The van der Waals surface area contributed by atoms with Crippen LogP contribution in [0.15, 0.2) is 11.0 Å². The number of anilines is 1. The third kappa shape index (κ3) is 5.06. The molecule has 1 aliphatic rings. The van der Waals surface area contributed by atoms with Crippen molar-refractivity contribution < 1.29 is 28.5 Å². The summed E-state index contributed by atoms with van der Waals surface area (Å²) in [7, 11) is 1.20. The van der Waals surface area contributed by atoms with E-state index in [1.165, 1.54) is 20.2 Å². The summed E-state index contributed by atoms with van der Waals surface area (Å²) >= 11 is 1.99. The van der Waals surface area contributed by atoms with Gasteiger partial charge in [0.05, 0.1) is 16.8 Å². The maximum atomic E-state index is 11.3. The van der Waals surface area contributed by atoms with Gasteiger partial charge in [0, 0.05) is 19.5 Å². The van der Waals surface area contributed by atoms with E-state index in [-0.39, 0.29) is 6.61 Å². The monoisotopic (exact) mass is 453 g/mol. The number of methoxy groups -OCH3 is 1. The number of rotatable bonds is 5. The Bertz CT molecular complexity index is 665. The lowest BCUT2D eigenvalue weighted by molar-refractivity contribution is -0.148. The van der Waals surface area contributed by atoms with Crippen molar-refractivity contribution in [2.45, 2.75) is 31.8 Å². The molecule has 3 atom stereocenters. The highest BCUT2D eigenvalue weighted by molar-refractivity contribution is 14.1. The second-order valence-corrected chi connectivity index (χ2v) is 6.04. The molecule has 0 aliphatic carbocycles. The molecule has 10 nitrogen and oxygen atoms in total. The van der Waals surface area contributed by atoms with E-state index in [1.54, 1.807) is 0 Å². The second-order valence-electron chi connectivity index (χ2n) is 4.87. The van der Waals surface area contributed by atoms with Gasteiger partial charge in [-0.3, -0.25) is 4.79 Å². The number of H-pyrrole nitrogens is 1. The van der Waals surface area contributed by atoms with E-state index in [2.05, 4.69) is 20.0 Å². The normalized spacial score (nSPS) is 22.7. The van der Waals surface area contributed by atoms with Crippen LogP contribution in [0.5, 0.6) is 0 Å². The third-order valence-electron chi connectivity index (χ3n) is 3.08. The van der Waals surface area contributed by atoms with Crippen LogP contribution in [-0.4, -0.2) is 54.2 Å². The first-order chi connectivity index (χ1) is 11.4. The second kappa shape index (κ2) is 8.28. The topological polar surface area (TPSA) is 129 Å². The minimum Gasteiger partial charge on any atom is -0.458 e. The zero-order chi connectivity index (χ0) is 17.7. The molecular weight excluding hydrogens is 437 g/mol. The Hall–Kier alpha value is -1.89. The Kier molecular flexibility index (Phi) is 6.36. The maximum absolute atomic E-state index is 11.3. The number of carbonyl (C=O) groups is 2. The van der Waals surface area contributed by atoms with Gasteiger partial charge in [0.25, 0.3) is 0 Å². The summed E-state index contributed by atoms with van der Waals surface area (Å²) in [6.07, 6.45) is -0.871. The SMILES string of the molecule is COC(=O)OC[C@@H]1C[C@@H](OC(C)=O)[C@H](Nc2nc(=O)[nH]cc2I)O1. The number of esters is 1. The van der Waals surface area contributed by atoms with Crippen molar-refractivity contribution in [1.82, 2.24) is 9.97 Å².